The molecule has 5 heteroatoms. The number of hydrogen-bond donors (Lipinski definition) is 1. The van der Waals surface area contributed by atoms with Crippen LogP contribution in [0.1, 0.15) is 31.9 Å². The minimum absolute atomic E-state index is 0.0558. The summed E-state index contributed by atoms with van der Waals surface area (Å²) in [5, 5.41) is 3.70. The average Bonchev–Trinajstić information content (AvgIpc) is 2.97. The van der Waals surface area contributed by atoms with Crippen molar-refractivity contribution in [3.05, 3.63) is 70.5 Å². The van der Waals surface area contributed by atoms with Gasteiger partial charge in [0.25, 0.3) is 5.56 Å². The monoisotopic (exact) mass is 354 g/mol. The van der Waals surface area contributed by atoms with Crippen LogP contribution in [0.4, 0.5) is 0 Å². The SMILES string of the molecule is C[C@@H](CCc1ccccc1)NC(=O)[C@H](C)n1sc2ccccc2c1=O. The van der Waals surface area contributed by atoms with Crippen molar-refractivity contribution in [1.29, 1.82) is 0 Å². The van der Waals surface area contributed by atoms with Crippen LogP contribution in [0.2, 0.25) is 0 Å². The maximum atomic E-state index is 12.5. The highest BCUT2D eigenvalue weighted by Gasteiger charge is 2.20. The molecule has 0 aliphatic rings. The molecule has 0 aliphatic heterocycles. The maximum absolute atomic E-state index is 12.5. The smallest absolute Gasteiger partial charge is 0.269 e. The normalized spacial score (nSPS) is 13.5. The quantitative estimate of drug-likeness (QED) is 0.733. The van der Waals surface area contributed by atoms with E-state index in [2.05, 4.69) is 17.4 Å². The van der Waals surface area contributed by atoms with Gasteiger partial charge in [-0.3, -0.25) is 13.5 Å². The molecule has 1 aromatic heterocycles. The molecule has 0 fully saturated rings. The van der Waals surface area contributed by atoms with E-state index < -0.39 is 6.04 Å². The summed E-state index contributed by atoms with van der Waals surface area (Å²) < 4.78 is 2.47. The number of carbonyl (C=O) groups is 1. The lowest BCUT2D eigenvalue weighted by atomic mass is 10.1. The number of rotatable bonds is 6. The Morgan fingerprint density at radius 2 is 1.76 bits per heavy atom. The predicted molar refractivity (Wildman–Crippen MR) is 103 cm³/mol. The summed E-state index contributed by atoms with van der Waals surface area (Å²) in [6.45, 7) is 3.78. The van der Waals surface area contributed by atoms with Crippen LogP contribution in [0, 0.1) is 0 Å². The Bertz CT molecular complexity index is 914. The van der Waals surface area contributed by atoms with Gasteiger partial charge in [-0.1, -0.05) is 54.0 Å². The third-order valence-corrected chi connectivity index (χ3v) is 5.57. The molecule has 2 atom stereocenters. The summed E-state index contributed by atoms with van der Waals surface area (Å²) in [5.41, 5.74) is 1.16. The summed E-state index contributed by atoms with van der Waals surface area (Å²) in [6.07, 6.45) is 1.78. The molecule has 0 saturated carbocycles. The molecule has 3 rings (SSSR count). The minimum Gasteiger partial charge on any atom is -0.352 e. The molecule has 0 saturated heterocycles. The Hall–Kier alpha value is -2.40. The largest absolute Gasteiger partial charge is 0.352 e. The number of aromatic nitrogens is 1. The number of nitrogens with one attached hydrogen (secondary N) is 1. The van der Waals surface area contributed by atoms with E-state index in [1.165, 1.54) is 17.1 Å². The Balaban J connectivity index is 1.63. The average molecular weight is 354 g/mol. The van der Waals surface area contributed by atoms with Crippen molar-refractivity contribution in [3.8, 4) is 0 Å². The van der Waals surface area contributed by atoms with E-state index in [0.717, 1.165) is 17.5 Å². The van der Waals surface area contributed by atoms with E-state index in [9.17, 15) is 9.59 Å². The number of hydrogen-bond acceptors (Lipinski definition) is 3. The first kappa shape index (κ1) is 17.4. The zero-order valence-electron chi connectivity index (χ0n) is 14.4. The molecular weight excluding hydrogens is 332 g/mol. The number of fused-ring (bicyclic) bond motifs is 1. The summed E-state index contributed by atoms with van der Waals surface area (Å²) in [7, 11) is 0. The van der Waals surface area contributed by atoms with Crippen LogP contribution in [-0.2, 0) is 11.2 Å². The molecule has 0 aliphatic carbocycles. The fourth-order valence-electron chi connectivity index (χ4n) is 2.81. The van der Waals surface area contributed by atoms with E-state index in [1.54, 1.807) is 16.9 Å². The van der Waals surface area contributed by atoms with Crippen molar-refractivity contribution in [1.82, 2.24) is 9.27 Å². The van der Waals surface area contributed by atoms with Gasteiger partial charge in [-0.05, 0) is 44.4 Å². The van der Waals surface area contributed by atoms with Gasteiger partial charge in [0.1, 0.15) is 6.04 Å². The molecule has 2 aromatic carbocycles. The van der Waals surface area contributed by atoms with Gasteiger partial charge >= 0.3 is 0 Å². The van der Waals surface area contributed by atoms with Crippen molar-refractivity contribution >= 4 is 27.5 Å². The van der Waals surface area contributed by atoms with Crippen molar-refractivity contribution in [2.75, 3.05) is 0 Å². The molecule has 0 unspecified atom stereocenters. The van der Waals surface area contributed by atoms with E-state index >= 15 is 0 Å². The van der Waals surface area contributed by atoms with Crippen molar-refractivity contribution < 1.29 is 4.79 Å². The topological polar surface area (TPSA) is 51.1 Å². The van der Waals surface area contributed by atoms with Crippen molar-refractivity contribution in [2.45, 2.75) is 38.8 Å². The molecule has 1 heterocycles. The van der Waals surface area contributed by atoms with Crippen LogP contribution in [-0.4, -0.2) is 15.9 Å². The summed E-state index contributed by atoms with van der Waals surface area (Å²) in [4.78, 5) is 25.0. The standard InChI is InChI=1S/C20H22N2O2S/c1-14(12-13-16-8-4-3-5-9-16)21-19(23)15(2)22-20(24)17-10-6-7-11-18(17)25-22/h3-11,14-15H,12-13H2,1-2H3,(H,21,23)/t14-,15-/m0/s1. The number of carbonyl (C=O) groups excluding carboxylic acids is 1. The summed E-state index contributed by atoms with van der Waals surface area (Å²) in [6, 6.07) is 17.2. The molecule has 0 bridgehead atoms. The molecule has 1 amide bonds. The van der Waals surface area contributed by atoms with E-state index in [0.29, 0.717) is 5.39 Å². The Labute approximate surface area is 151 Å². The van der Waals surface area contributed by atoms with Crippen LogP contribution < -0.4 is 10.9 Å². The van der Waals surface area contributed by atoms with Crippen LogP contribution in [0.25, 0.3) is 10.1 Å². The fraction of sp³-hybridized carbons (Fsp3) is 0.300. The number of aryl methyl sites for hydroxylation is 1. The second-order valence-corrected chi connectivity index (χ2v) is 7.34. The van der Waals surface area contributed by atoms with Crippen LogP contribution in [0.3, 0.4) is 0 Å². The molecule has 3 aromatic rings. The van der Waals surface area contributed by atoms with Gasteiger partial charge in [-0.25, -0.2) is 0 Å². The fourth-order valence-corrected chi connectivity index (χ4v) is 3.85. The summed E-state index contributed by atoms with van der Waals surface area (Å²) >= 11 is 1.34. The Morgan fingerprint density at radius 3 is 2.48 bits per heavy atom. The first-order valence-corrected chi connectivity index (χ1v) is 9.28. The van der Waals surface area contributed by atoms with E-state index in [1.807, 2.05) is 43.3 Å². The molecule has 0 radical (unpaired) electrons. The number of nitrogens with zero attached hydrogens (tertiary/aromatic N) is 1. The van der Waals surface area contributed by atoms with E-state index in [4.69, 9.17) is 0 Å². The molecule has 4 nitrogen and oxygen atoms in total. The molecule has 0 spiro atoms. The van der Waals surface area contributed by atoms with Crippen LogP contribution >= 0.6 is 11.5 Å². The highest BCUT2D eigenvalue weighted by Crippen LogP contribution is 2.19. The lowest BCUT2D eigenvalue weighted by Crippen LogP contribution is -2.39. The molecular formula is C20H22N2O2S. The number of amides is 1. The van der Waals surface area contributed by atoms with Crippen molar-refractivity contribution in [3.63, 3.8) is 0 Å². The van der Waals surface area contributed by atoms with Gasteiger partial charge in [0, 0.05) is 6.04 Å². The third-order valence-electron chi connectivity index (χ3n) is 4.34. The van der Waals surface area contributed by atoms with Gasteiger partial charge < -0.3 is 5.32 Å². The Kier molecular flexibility index (Phi) is 5.34. The maximum Gasteiger partial charge on any atom is 0.269 e. The highest BCUT2D eigenvalue weighted by molar-refractivity contribution is 7.14. The van der Waals surface area contributed by atoms with Gasteiger partial charge in [0.15, 0.2) is 0 Å². The Morgan fingerprint density at radius 1 is 1.08 bits per heavy atom. The minimum atomic E-state index is -0.510. The molecule has 1 N–H and O–H groups in total. The zero-order valence-corrected chi connectivity index (χ0v) is 15.3. The lowest BCUT2D eigenvalue weighted by molar-refractivity contribution is -0.124. The van der Waals surface area contributed by atoms with Gasteiger partial charge in [-0.15, -0.1) is 0 Å². The number of benzene rings is 2. The highest BCUT2D eigenvalue weighted by atomic mass is 32.1. The zero-order chi connectivity index (χ0) is 17.8. The summed E-state index contributed by atoms with van der Waals surface area (Å²) in [5.74, 6) is -0.116. The third kappa shape index (κ3) is 3.99. The van der Waals surface area contributed by atoms with E-state index in [-0.39, 0.29) is 17.5 Å². The van der Waals surface area contributed by atoms with Gasteiger partial charge in [0.05, 0.1) is 10.1 Å². The first-order chi connectivity index (χ1) is 12.1. The second-order valence-electron chi connectivity index (χ2n) is 6.33. The lowest BCUT2D eigenvalue weighted by Gasteiger charge is -2.17. The second kappa shape index (κ2) is 7.66. The predicted octanol–water partition coefficient (Wildman–Crippen LogP) is 3.76. The van der Waals surface area contributed by atoms with Gasteiger partial charge in [0.2, 0.25) is 5.91 Å². The van der Waals surface area contributed by atoms with Crippen molar-refractivity contribution in [2.24, 2.45) is 0 Å². The molecule has 25 heavy (non-hydrogen) atoms. The molecule has 130 valence electrons. The first-order valence-electron chi connectivity index (χ1n) is 8.51. The van der Waals surface area contributed by atoms with Crippen LogP contribution in [0.5, 0.6) is 0 Å². The van der Waals surface area contributed by atoms with Crippen LogP contribution in [0.15, 0.2) is 59.4 Å². The van der Waals surface area contributed by atoms with Gasteiger partial charge in [-0.2, -0.15) is 0 Å².